The van der Waals surface area contributed by atoms with Gasteiger partial charge in [-0.15, -0.1) is 0 Å². The molecule has 11 heteroatoms. The molecule has 10 nitrogen and oxygen atoms in total. The number of carbonyl (C=O) groups excluding carboxylic acids is 2. The van der Waals surface area contributed by atoms with Crippen LogP contribution in [-0.2, 0) is 19.0 Å². The van der Waals surface area contributed by atoms with Gasteiger partial charge in [0.1, 0.15) is 18.0 Å². The van der Waals surface area contributed by atoms with Crippen molar-refractivity contribution in [3.8, 4) is 0 Å². The number of nitrogens with zero attached hydrogens (tertiary/aromatic N) is 3. The zero-order valence-electron chi connectivity index (χ0n) is 23.8. The Morgan fingerprint density at radius 1 is 1.27 bits per heavy atom. The highest BCUT2D eigenvalue weighted by molar-refractivity contribution is 5.90. The van der Waals surface area contributed by atoms with Crippen molar-refractivity contribution in [3.63, 3.8) is 0 Å². The van der Waals surface area contributed by atoms with Crippen molar-refractivity contribution < 1.29 is 33.3 Å². The molecule has 40 heavy (non-hydrogen) atoms. The SMILES string of the molecule is CC(=O)N([O-])C1(C2CN(c3ccc(N4CCC5(CC4)OCC(CO)O5)c(F)c3)C(=O)O2)CC(C)CCC1C(C)C. The molecule has 5 atom stereocenters. The van der Waals surface area contributed by atoms with Crippen LogP contribution in [0.2, 0.25) is 0 Å². The number of rotatable bonds is 6. The van der Waals surface area contributed by atoms with Crippen LogP contribution in [-0.4, -0.2) is 78.6 Å². The first-order valence-electron chi connectivity index (χ1n) is 14.4. The largest absolute Gasteiger partial charge is 0.756 e. The van der Waals surface area contributed by atoms with Crippen LogP contribution in [0.15, 0.2) is 18.2 Å². The van der Waals surface area contributed by atoms with E-state index < -0.39 is 35.2 Å². The first-order chi connectivity index (χ1) is 19.0. The molecule has 0 radical (unpaired) electrons. The molecule has 3 saturated heterocycles. The summed E-state index contributed by atoms with van der Waals surface area (Å²) in [5, 5.41) is 23.4. The Balaban J connectivity index is 1.34. The molecule has 1 spiro atoms. The summed E-state index contributed by atoms with van der Waals surface area (Å²) >= 11 is 0. The van der Waals surface area contributed by atoms with Crippen molar-refractivity contribution >= 4 is 23.4 Å². The molecule has 4 fully saturated rings. The number of hydrogen-bond acceptors (Lipinski definition) is 8. The molecule has 2 amide bonds. The Morgan fingerprint density at radius 3 is 2.60 bits per heavy atom. The van der Waals surface area contributed by atoms with Crippen LogP contribution in [0.4, 0.5) is 20.6 Å². The van der Waals surface area contributed by atoms with E-state index in [4.69, 9.17) is 14.2 Å². The van der Waals surface area contributed by atoms with E-state index in [2.05, 4.69) is 6.92 Å². The molecule has 1 aromatic carbocycles. The van der Waals surface area contributed by atoms with Gasteiger partial charge in [-0.25, -0.2) is 9.18 Å². The Labute approximate surface area is 234 Å². The number of cyclic esters (lactones) is 1. The van der Waals surface area contributed by atoms with Crippen molar-refractivity contribution in [1.29, 1.82) is 0 Å². The second-order valence-corrected chi connectivity index (χ2v) is 12.3. The molecule has 0 aromatic heterocycles. The number of aliphatic hydroxyl groups excluding tert-OH is 1. The Bertz CT molecular complexity index is 1110. The summed E-state index contributed by atoms with van der Waals surface area (Å²) in [6.45, 7) is 8.73. The topological polar surface area (TPSA) is 115 Å². The van der Waals surface area contributed by atoms with Gasteiger partial charge >= 0.3 is 6.09 Å². The fraction of sp³-hybridized carbons (Fsp3) is 0.724. The second-order valence-electron chi connectivity index (χ2n) is 12.3. The molecular formula is C29H41FN3O7-. The lowest BCUT2D eigenvalue weighted by molar-refractivity contribution is -0.183. The number of amides is 2. The van der Waals surface area contributed by atoms with Crippen molar-refractivity contribution in [2.24, 2.45) is 17.8 Å². The lowest BCUT2D eigenvalue weighted by Crippen LogP contribution is -2.65. The normalized spacial score (nSPS) is 32.1. The molecule has 3 heterocycles. The molecule has 1 aliphatic carbocycles. The van der Waals surface area contributed by atoms with E-state index in [1.807, 2.05) is 18.7 Å². The maximum Gasteiger partial charge on any atom is 0.414 e. The fourth-order valence-corrected chi connectivity index (χ4v) is 7.37. The summed E-state index contributed by atoms with van der Waals surface area (Å²) in [6, 6.07) is 4.66. The van der Waals surface area contributed by atoms with Crippen LogP contribution in [0.1, 0.15) is 59.8 Å². The smallest absolute Gasteiger partial charge is 0.414 e. The summed E-state index contributed by atoms with van der Waals surface area (Å²) in [4.78, 5) is 28.9. The first kappa shape index (κ1) is 29.0. The number of hydroxylamine groups is 2. The molecule has 222 valence electrons. The van der Waals surface area contributed by atoms with Gasteiger partial charge in [0.25, 0.3) is 0 Å². The summed E-state index contributed by atoms with van der Waals surface area (Å²) in [5.41, 5.74) is -0.418. The highest BCUT2D eigenvalue weighted by Crippen LogP contribution is 2.49. The van der Waals surface area contributed by atoms with Gasteiger partial charge in [-0.2, -0.15) is 0 Å². The summed E-state index contributed by atoms with van der Waals surface area (Å²) in [7, 11) is 0. The van der Waals surface area contributed by atoms with Gasteiger partial charge in [0.05, 0.1) is 36.7 Å². The molecular weight excluding hydrogens is 521 g/mol. The van der Waals surface area contributed by atoms with Crippen LogP contribution in [0, 0.1) is 28.8 Å². The van der Waals surface area contributed by atoms with E-state index >= 15 is 4.39 Å². The third-order valence-corrected chi connectivity index (χ3v) is 9.35. The minimum Gasteiger partial charge on any atom is -0.756 e. The fourth-order valence-electron chi connectivity index (χ4n) is 7.37. The van der Waals surface area contributed by atoms with Crippen LogP contribution in [0.25, 0.3) is 0 Å². The van der Waals surface area contributed by atoms with E-state index in [1.54, 1.807) is 12.1 Å². The maximum absolute atomic E-state index is 15.5. The number of carbonyl (C=O) groups is 2. The van der Waals surface area contributed by atoms with Gasteiger partial charge in [-0.3, -0.25) is 9.69 Å². The quantitative estimate of drug-likeness (QED) is 0.517. The number of benzene rings is 1. The van der Waals surface area contributed by atoms with Gasteiger partial charge in [-0.05, 0) is 48.8 Å². The number of anilines is 2. The Morgan fingerprint density at radius 2 is 2.00 bits per heavy atom. The minimum atomic E-state index is -1.18. The first-order valence-corrected chi connectivity index (χ1v) is 14.4. The lowest BCUT2D eigenvalue weighted by Gasteiger charge is -2.59. The number of ether oxygens (including phenoxy) is 3. The van der Waals surface area contributed by atoms with Crippen LogP contribution >= 0.6 is 0 Å². The van der Waals surface area contributed by atoms with E-state index in [0.717, 1.165) is 12.8 Å². The van der Waals surface area contributed by atoms with Crippen molar-refractivity contribution in [2.75, 3.05) is 42.6 Å². The standard InChI is InChI=1S/C29H41FN3O7/c1-18(2)23-7-5-19(3)14-29(23,33(37)20(4)35)26-15-32(27(36)39-26)21-6-8-25(24(30)13-21)31-11-9-28(10-12-31)38-17-22(16-34)40-28/h6,8,13,18-19,22-23,26,34H,5,7,9-12,14-17H2,1-4H3/q-1. The van der Waals surface area contributed by atoms with E-state index in [9.17, 15) is 19.9 Å². The summed E-state index contributed by atoms with van der Waals surface area (Å²) in [6.07, 6.45) is 1.42. The number of piperidine rings is 1. The third kappa shape index (κ3) is 5.06. The molecule has 3 aliphatic heterocycles. The molecule has 5 unspecified atom stereocenters. The zero-order chi connectivity index (χ0) is 28.8. The predicted molar refractivity (Wildman–Crippen MR) is 146 cm³/mol. The van der Waals surface area contributed by atoms with E-state index in [-0.39, 0.29) is 37.0 Å². The third-order valence-electron chi connectivity index (χ3n) is 9.35. The average molecular weight is 563 g/mol. The van der Waals surface area contributed by atoms with E-state index in [1.165, 1.54) is 17.9 Å². The highest BCUT2D eigenvalue weighted by Gasteiger charge is 2.56. The molecule has 1 N–H and O–H groups in total. The van der Waals surface area contributed by atoms with Crippen molar-refractivity contribution in [3.05, 3.63) is 29.2 Å². The molecule has 1 saturated carbocycles. The van der Waals surface area contributed by atoms with Crippen LogP contribution in [0.5, 0.6) is 0 Å². The molecule has 5 rings (SSSR count). The van der Waals surface area contributed by atoms with E-state index in [0.29, 0.717) is 55.4 Å². The van der Waals surface area contributed by atoms with Gasteiger partial charge in [0.15, 0.2) is 5.79 Å². The van der Waals surface area contributed by atoms with Gasteiger partial charge in [0.2, 0.25) is 5.91 Å². The van der Waals surface area contributed by atoms with Gasteiger partial charge in [0, 0.05) is 32.9 Å². The lowest BCUT2D eigenvalue weighted by atomic mass is 9.62. The molecule has 1 aromatic rings. The van der Waals surface area contributed by atoms with Gasteiger partial charge in [-0.1, -0.05) is 27.2 Å². The second kappa shape index (κ2) is 11.1. The monoisotopic (exact) mass is 562 g/mol. The Hall–Kier alpha value is -2.47. The maximum atomic E-state index is 15.5. The highest BCUT2D eigenvalue weighted by atomic mass is 19.1. The molecule has 4 aliphatic rings. The van der Waals surface area contributed by atoms with Crippen LogP contribution in [0.3, 0.4) is 0 Å². The molecule has 0 bridgehead atoms. The van der Waals surface area contributed by atoms with Gasteiger partial charge < -0.3 is 34.5 Å². The number of halogens is 1. The zero-order valence-corrected chi connectivity index (χ0v) is 23.8. The van der Waals surface area contributed by atoms with Crippen LogP contribution < -0.4 is 9.80 Å². The average Bonchev–Trinajstić information content (AvgIpc) is 3.52. The predicted octanol–water partition coefficient (Wildman–Crippen LogP) is 4.03. The van der Waals surface area contributed by atoms with Crippen molar-refractivity contribution in [2.45, 2.75) is 83.3 Å². The summed E-state index contributed by atoms with van der Waals surface area (Å²) < 4.78 is 33.0. The summed E-state index contributed by atoms with van der Waals surface area (Å²) in [5.74, 6) is -1.65. The minimum absolute atomic E-state index is 0.0620. The number of hydrogen-bond donors (Lipinski definition) is 1. The Kier molecular flexibility index (Phi) is 8.04. The van der Waals surface area contributed by atoms with Crippen molar-refractivity contribution in [1.82, 2.24) is 5.06 Å². The number of aliphatic hydroxyl groups is 1.